The van der Waals surface area contributed by atoms with Gasteiger partial charge in [0, 0.05) is 29.7 Å². The van der Waals surface area contributed by atoms with Crippen molar-refractivity contribution in [3.8, 4) is 22.5 Å². The lowest BCUT2D eigenvalue weighted by Crippen LogP contribution is -2.29. The number of aromatic nitrogens is 3. The van der Waals surface area contributed by atoms with Gasteiger partial charge in [0.05, 0.1) is 28.9 Å². The third-order valence-corrected chi connectivity index (χ3v) is 5.92. The average Bonchev–Trinajstić information content (AvgIpc) is 3.52. The third-order valence-electron chi connectivity index (χ3n) is 5.92. The van der Waals surface area contributed by atoms with Crippen molar-refractivity contribution in [3.63, 3.8) is 0 Å². The lowest BCUT2D eigenvalue weighted by Gasteiger charge is -2.19. The Labute approximate surface area is 193 Å². The summed E-state index contributed by atoms with van der Waals surface area (Å²) in [7, 11) is 0. The molecule has 33 heavy (non-hydrogen) atoms. The summed E-state index contributed by atoms with van der Waals surface area (Å²) in [6.45, 7) is 3.90. The number of anilines is 1. The van der Waals surface area contributed by atoms with Crippen LogP contribution in [0.2, 0.25) is 0 Å². The number of nitrogens with zero attached hydrogens (tertiary/aromatic N) is 3. The van der Waals surface area contributed by atoms with Crippen molar-refractivity contribution >= 4 is 17.1 Å². The Bertz CT molecular complexity index is 1280. The van der Waals surface area contributed by atoms with Crippen molar-refractivity contribution < 1.29 is 9.90 Å². The number of carbonyl (C=O) groups is 1. The Morgan fingerprint density at radius 3 is 2.48 bits per heavy atom. The first-order chi connectivity index (χ1) is 15.9. The Morgan fingerprint density at radius 2 is 1.82 bits per heavy atom. The maximum atomic E-state index is 12.4. The van der Waals surface area contributed by atoms with Crippen LogP contribution >= 0.6 is 0 Å². The fraction of sp³-hybridized carbons (Fsp3) is 0.296. The van der Waals surface area contributed by atoms with Gasteiger partial charge in [-0.1, -0.05) is 54.6 Å². The maximum Gasteiger partial charge on any atom is 0.177 e. The molecule has 0 radical (unpaired) electrons. The highest BCUT2D eigenvalue weighted by Gasteiger charge is 2.25. The molecule has 6 heteroatoms. The Kier molecular flexibility index (Phi) is 5.46. The van der Waals surface area contributed by atoms with Gasteiger partial charge in [0.2, 0.25) is 0 Å². The lowest BCUT2D eigenvalue weighted by molar-refractivity contribution is 0.0944. The van der Waals surface area contributed by atoms with Crippen molar-refractivity contribution in [1.29, 1.82) is 0 Å². The van der Waals surface area contributed by atoms with Gasteiger partial charge in [-0.2, -0.15) is 5.10 Å². The number of hydrogen-bond acceptors (Lipinski definition) is 5. The highest BCUT2D eigenvalue weighted by atomic mass is 16.3. The summed E-state index contributed by atoms with van der Waals surface area (Å²) in [6.07, 6.45) is 4.79. The average molecular weight is 441 g/mol. The SMILES string of the molecule is CC(C)(O)CNc1cc(-c2ccccc2)nn2c(-c3ccc(C(=O)CC4CC4)cc3)cnc12. The predicted octanol–water partition coefficient (Wildman–Crippen LogP) is 5.23. The van der Waals surface area contributed by atoms with Crippen molar-refractivity contribution in [1.82, 2.24) is 14.6 Å². The van der Waals surface area contributed by atoms with Gasteiger partial charge in [0.25, 0.3) is 0 Å². The molecule has 2 aromatic carbocycles. The second kappa shape index (κ2) is 8.45. The van der Waals surface area contributed by atoms with Crippen LogP contribution in [0.1, 0.15) is 43.5 Å². The van der Waals surface area contributed by atoms with E-state index in [4.69, 9.17) is 5.10 Å². The highest BCUT2D eigenvalue weighted by Crippen LogP contribution is 2.34. The van der Waals surface area contributed by atoms with E-state index in [0.29, 0.717) is 24.5 Å². The van der Waals surface area contributed by atoms with E-state index in [1.54, 1.807) is 20.0 Å². The van der Waals surface area contributed by atoms with Gasteiger partial charge in [0.1, 0.15) is 0 Å². The van der Waals surface area contributed by atoms with Gasteiger partial charge >= 0.3 is 0 Å². The Hall–Kier alpha value is -3.51. The van der Waals surface area contributed by atoms with Gasteiger partial charge in [-0.05, 0) is 38.7 Å². The molecule has 168 valence electrons. The number of fused-ring (bicyclic) bond motifs is 1. The molecule has 2 aromatic heterocycles. The first kappa shape index (κ1) is 21.3. The largest absolute Gasteiger partial charge is 0.389 e. The molecule has 0 unspecified atom stereocenters. The van der Waals surface area contributed by atoms with Crippen molar-refractivity contribution in [3.05, 3.63) is 72.4 Å². The van der Waals surface area contributed by atoms with E-state index >= 15 is 0 Å². The smallest absolute Gasteiger partial charge is 0.177 e. The lowest BCUT2D eigenvalue weighted by atomic mass is 10.0. The van der Waals surface area contributed by atoms with Crippen molar-refractivity contribution in [2.24, 2.45) is 5.92 Å². The number of Topliss-reactive ketones (excluding diaryl/α,β-unsaturated/α-hetero) is 1. The second-order valence-electron chi connectivity index (χ2n) is 9.50. The van der Waals surface area contributed by atoms with E-state index in [1.807, 2.05) is 65.2 Å². The number of imidazole rings is 1. The number of ketones is 1. The highest BCUT2D eigenvalue weighted by molar-refractivity contribution is 5.96. The third kappa shape index (κ3) is 4.81. The second-order valence-corrected chi connectivity index (χ2v) is 9.50. The van der Waals surface area contributed by atoms with Crippen LogP contribution in [-0.4, -0.2) is 37.6 Å². The van der Waals surface area contributed by atoms with Crippen LogP contribution in [0.25, 0.3) is 28.2 Å². The van der Waals surface area contributed by atoms with Crippen molar-refractivity contribution in [2.75, 3.05) is 11.9 Å². The maximum absolute atomic E-state index is 12.4. The minimum Gasteiger partial charge on any atom is -0.389 e. The fourth-order valence-corrected chi connectivity index (χ4v) is 3.89. The quantitative estimate of drug-likeness (QED) is 0.367. The van der Waals surface area contributed by atoms with E-state index < -0.39 is 5.60 Å². The number of rotatable bonds is 8. The summed E-state index contributed by atoms with van der Waals surface area (Å²) >= 11 is 0. The standard InChI is InChI=1S/C27H28N4O2/c1-27(2,33)17-29-23-15-22(19-6-4-3-5-7-19)30-31-24(16-28-26(23)31)20-10-12-21(13-11-20)25(32)14-18-8-9-18/h3-7,10-13,15-16,18,29,33H,8-9,14,17H2,1-2H3. The van der Waals surface area contributed by atoms with Gasteiger partial charge in [-0.3, -0.25) is 4.79 Å². The minimum atomic E-state index is -0.870. The summed E-state index contributed by atoms with van der Waals surface area (Å²) in [5, 5.41) is 18.4. The van der Waals surface area contributed by atoms with Crippen LogP contribution in [0.5, 0.6) is 0 Å². The topological polar surface area (TPSA) is 79.5 Å². The molecule has 0 amide bonds. The van der Waals surface area contributed by atoms with Gasteiger partial charge in [-0.15, -0.1) is 0 Å². The molecule has 0 bridgehead atoms. The van der Waals surface area contributed by atoms with E-state index in [-0.39, 0.29) is 5.78 Å². The van der Waals surface area contributed by atoms with Crippen LogP contribution in [0, 0.1) is 5.92 Å². The summed E-state index contributed by atoms with van der Waals surface area (Å²) in [4.78, 5) is 17.1. The molecule has 1 fully saturated rings. The van der Waals surface area contributed by atoms with Gasteiger partial charge in [-0.25, -0.2) is 9.50 Å². The molecular weight excluding hydrogens is 412 g/mol. The van der Waals surface area contributed by atoms with E-state index in [0.717, 1.165) is 33.8 Å². The molecule has 1 aliphatic rings. The molecule has 0 saturated heterocycles. The fourth-order valence-electron chi connectivity index (χ4n) is 3.89. The normalized spacial score (nSPS) is 13.9. The molecule has 6 nitrogen and oxygen atoms in total. The Balaban J connectivity index is 1.54. The number of nitrogens with one attached hydrogen (secondary N) is 1. The zero-order valence-corrected chi connectivity index (χ0v) is 19.0. The molecule has 5 rings (SSSR count). The minimum absolute atomic E-state index is 0.213. The number of carbonyl (C=O) groups excluding carboxylic acids is 1. The first-order valence-electron chi connectivity index (χ1n) is 11.4. The molecule has 1 saturated carbocycles. The predicted molar refractivity (Wildman–Crippen MR) is 130 cm³/mol. The molecule has 2 N–H and O–H groups in total. The van der Waals surface area contributed by atoms with Crippen LogP contribution in [-0.2, 0) is 0 Å². The van der Waals surface area contributed by atoms with E-state index in [2.05, 4.69) is 10.3 Å². The molecule has 4 aromatic rings. The zero-order valence-electron chi connectivity index (χ0n) is 19.0. The molecule has 2 heterocycles. The first-order valence-corrected chi connectivity index (χ1v) is 11.4. The zero-order chi connectivity index (χ0) is 23.0. The van der Waals surface area contributed by atoms with Crippen molar-refractivity contribution in [2.45, 2.75) is 38.7 Å². The molecule has 1 aliphatic carbocycles. The number of benzene rings is 2. The van der Waals surface area contributed by atoms with Gasteiger partial charge < -0.3 is 10.4 Å². The monoisotopic (exact) mass is 440 g/mol. The molecule has 0 atom stereocenters. The summed E-state index contributed by atoms with van der Waals surface area (Å²) < 4.78 is 1.83. The van der Waals surface area contributed by atoms with Crippen LogP contribution < -0.4 is 5.32 Å². The Morgan fingerprint density at radius 1 is 1.09 bits per heavy atom. The van der Waals surface area contributed by atoms with Crippen LogP contribution in [0.15, 0.2) is 66.9 Å². The van der Waals surface area contributed by atoms with Crippen LogP contribution in [0.3, 0.4) is 0 Å². The van der Waals surface area contributed by atoms with E-state index in [1.165, 1.54) is 12.8 Å². The summed E-state index contributed by atoms with van der Waals surface area (Å²) in [5.74, 6) is 0.788. The molecule has 0 spiro atoms. The van der Waals surface area contributed by atoms with Gasteiger partial charge in [0.15, 0.2) is 11.4 Å². The summed E-state index contributed by atoms with van der Waals surface area (Å²) in [6, 6.07) is 19.7. The molecule has 0 aliphatic heterocycles. The number of aliphatic hydroxyl groups is 1. The number of hydrogen-bond donors (Lipinski definition) is 2. The molecular formula is C27H28N4O2. The van der Waals surface area contributed by atoms with E-state index in [9.17, 15) is 9.90 Å². The summed E-state index contributed by atoms with van der Waals surface area (Å²) in [5.41, 5.74) is 4.95. The van der Waals surface area contributed by atoms with Crippen LogP contribution in [0.4, 0.5) is 5.69 Å².